The fraction of sp³-hybridized carbons (Fsp3) is 0.214. The molecule has 0 aliphatic carbocycles. The number of nitrogens with zero attached hydrogens (tertiary/aromatic N) is 1. The quantitative estimate of drug-likeness (QED) is 0.385. The molecule has 0 atom stereocenters. The Morgan fingerprint density at radius 1 is 1.35 bits per heavy atom. The lowest BCUT2D eigenvalue weighted by Gasteiger charge is -2.10. The molecule has 0 aliphatic heterocycles. The molecule has 0 radical (unpaired) electrons. The van der Waals surface area contributed by atoms with Gasteiger partial charge in [0.25, 0.3) is 0 Å². The largest absolute Gasteiger partial charge is 0.487 e. The summed E-state index contributed by atoms with van der Waals surface area (Å²) >= 11 is 1.65. The Morgan fingerprint density at radius 3 is 2.75 bits per heavy atom. The normalized spacial score (nSPS) is 11.6. The van der Waals surface area contributed by atoms with Crippen LogP contribution in [0.2, 0.25) is 0 Å². The molecule has 2 aromatic rings. The lowest BCUT2D eigenvalue weighted by molar-refractivity contribution is 0.304. The van der Waals surface area contributed by atoms with Crippen molar-refractivity contribution in [1.82, 2.24) is 0 Å². The van der Waals surface area contributed by atoms with Gasteiger partial charge in [-0.3, -0.25) is 0 Å². The minimum absolute atomic E-state index is 0.0257. The van der Waals surface area contributed by atoms with E-state index in [-0.39, 0.29) is 17.1 Å². The zero-order chi connectivity index (χ0) is 14.5. The molecule has 0 unspecified atom stereocenters. The van der Waals surface area contributed by atoms with Gasteiger partial charge in [0.2, 0.25) is 0 Å². The van der Waals surface area contributed by atoms with Crippen LogP contribution in [0.25, 0.3) is 0 Å². The summed E-state index contributed by atoms with van der Waals surface area (Å²) in [7, 11) is 0. The third-order valence-corrected chi connectivity index (χ3v) is 3.98. The number of thiophene rings is 1. The average molecular weight is 294 g/mol. The molecule has 3 N–H and O–H groups in total. The van der Waals surface area contributed by atoms with Crippen LogP contribution in [0.5, 0.6) is 5.75 Å². The van der Waals surface area contributed by atoms with Crippen molar-refractivity contribution in [2.75, 3.05) is 0 Å². The topological polar surface area (TPSA) is 67.8 Å². The van der Waals surface area contributed by atoms with Gasteiger partial charge in [-0.1, -0.05) is 18.1 Å². The summed E-state index contributed by atoms with van der Waals surface area (Å²) in [5, 5.41) is 11.5. The molecule has 1 aromatic heterocycles. The number of rotatable bonds is 5. The van der Waals surface area contributed by atoms with Gasteiger partial charge in [-0.25, -0.2) is 4.39 Å². The van der Waals surface area contributed by atoms with Gasteiger partial charge in [-0.05, 0) is 30.7 Å². The second-order valence-corrected chi connectivity index (χ2v) is 5.36. The van der Waals surface area contributed by atoms with Crippen LogP contribution in [0.1, 0.15) is 22.2 Å². The van der Waals surface area contributed by atoms with Crippen molar-refractivity contribution < 1.29 is 14.3 Å². The van der Waals surface area contributed by atoms with Gasteiger partial charge in [-0.15, -0.1) is 11.3 Å². The van der Waals surface area contributed by atoms with Crippen LogP contribution in [-0.4, -0.2) is 11.0 Å². The molecular formula is C14H15FN2O2S. The molecule has 2 rings (SSSR count). The highest BCUT2D eigenvalue weighted by Gasteiger charge is 2.14. The summed E-state index contributed by atoms with van der Waals surface area (Å²) in [4.78, 5) is 2.30. The first-order chi connectivity index (χ1) is 9.65. The molecular weight excluding hydrogens is 279 g/mol. The zero-order valence-electron chi connectivity index (χ0n) is 11.0. The summed E-state index contributed by atoms with van der Waals surface area (Å²) < 4.78 is 19.3. The first kappa shape index (κ1) is 14.3. The van der Waals surface area contributed by atoms with Gasteiger partial charge >= 0.3 is 0 Å². The van der Waals surface area contributed by atoms with E-state index in [2.05, 4.69) is 12.1 Å². The Labute approximate surface area is 120 Å². The highest BCUT2D eigenvalue weighted by Crippen LogP contribution is 2.24. The number of ether oxygens (including phenoxy) is 1. The van der Waals surface area contributed by atoms with E-state index >= 15 is 0 Å². The van der Waals surface area contributed by atoms with E-state index in [0.29, 0.717) is 6.61 Å². The van der Waals surface area contributed by atoms with Crippen molar-refractivity contribution in [2.45, 2.75) is 20.0 Å². The van der Waals surface area contributed by atoms with Crippen molar-refractivity contribution in [3.8, 4) is 5.75 Å². The molecule has 0 amide bonds. The fourth-order valence-corrected chi connectivity index (χ4v) is 2.63. The number of hydrogen-bond donors (Lipinski definition) is 2. The van der Waals surface area contributed by atoms with E-state index in [1.54, 1.807) is 17.4 Å². The predicted octanol–water partition coefficient (Wildman–Crippen LogP) is 3.12. The maximum absolute atomic E-state index is 13.7. The second kappa shape index (κ2) is 6.38. The summed E-state index contributed by atoms with van der Waals surface area (Å²) in [6, 6.07) is 8.36. The molecule has 106 valence electrons. The molecule has 4 nitrogen and oxygen atoms in total. The maximum Gasteiger partial charge on any atom is 0.176 e. The van der Waals surface area contributed by atoms with Crippen molar-refractivity contribution >= 4 is 17.2 Å². The van der Waals surface area contributed by atoms with E-state index < -0.39 is 5.82 Å². The van der Waals surface area contributed by atoms with Crippen molar-refractivity contribution in [1.29, 1.82) is 0 Å². The number of benzene rings is 1. The van der Waals surface area contributed by atoms with Crippen molar-refractivity contribution in [2.24, 2.45) is 10.9 Å². The molecule has 1 aromatic carbocycles. The zero-order valence-corrected chi connectivity index (χ0v) is 11.8. The predicted molar refractivity (Wildman–Crippen MR) is 76.9 cm³/mol. The monoisotopic (exact) mass is 294 g/mol. The van der Waals surface area contributed by atoms with Gasteiger partial charge < -0.3 is 15.7 Å². The Balaban J connectivity index is 2.19. The molecule has 20 heavy (non-hydrogen) atoms. The van der Waals surface area contributed by atoms with Gasteiger partial charge in [0.05, 0.1) is 5.56 Å². The van der Waals surface area contributed by atoms with Crippen molar-refractivity contribution in [3.63, 3.8) is 0 Å². The highest BCUT2D eigenvalue weighted by atomic mass is 32.1. The Bertz CT molecular complexity index is 625. The van der Waals surface area contributed by atoms with Gasteiger partial charge in [-0.2, -0.15) is 0 Å². The van der Waals surface area contributed by atoms with Crippen LogP contribution in [-0.2, 0) is 13.0 Å². The molecule has 0 saturated heterocycles. The number of amidine groups is 1. The molecule has 0 aliphatic rings. The maximum atomic E-state index is 13.7. The second-order valence-electron chi connectivity index (χ2n) is 4.11. The smallest absolute Gasteiger partial charge is 0.176 e. The Morgan fingerprint density at radius 2 is 2.10 bits per heavy atom. The fourth-order valence-electron chi connectivity index (χ4n) is 1.76. The highest BCUT2D eigenvalue weighted by molar-refractivity contribution is 7.11. The standard InChI is InChI=1S/C14H15FN2O2S/c1-2-9-6-7-10(20-9)8-19-12-5-3-4-11(15)13(12)14(16)17-18/h3-7,18H,2,8H2,1H3,(H2,16,17). The third kappa shape index (κ3) is 3.08. The van der Waals surface area contributed by atoms with Gasteiger partial charge in [0, 0.05) is 9.75 Å². The van der Waals surface area contributed by atoms with E-state index in [1.165, 1.54) is 17.0 Å². The summed E-state index contributed by atoms with van der Waals surface area (Å²) in [6.07, 6.45) is 0.972. The first-order valence-corrected chi connectivity index (χ1v) is 6.94. The van der Waals surface area contributed by atoms with Crippen LogP contribution in [0, 0.1) is 5.82 Å². The summed E-state index contributed by atoms with van der Waals surface area (Å²) in [6.45, 7) is 2.40. The SMILES string of the molecule is CCc1ccc(COc2cccc(F)c2/C(N)=N/O)s1. The minimum atomic E-state index is -0.585. The van der Waals surface area contributed by atoms with Crippen LogP contribution in [0.3, 0.4) is 0 Å². The van der Waals surface area contributed by atoms with Crippen LogP contribution < -0.4 is 10.5 Å². The molecule has 6 heteroatoms. The van der Waals surface area contributed by atoms with Crippen LogP contribution >= 0.6 is 11.3 Å². The van der Waals surface area contributed by atoms with E-state index in [0.717, 1.165) is 11.3 Å². The van der Waals surface area contributed by atoms with Crippen LogP contribution in [0.15, 0.2) is 35.5 Å². The summed E-state index contributed by atoms with van der Waals surface area (Å²) in [5.41, 5.74) is 5.45. The van der Waals surface area contributed by atoms with E-state index in [9.17, 15) is 4.39 Å². The van der Waals surface area contributed by atoms with Crippen molar-refractivity contribution in [3.05, 3.63) is 51.5 Å². The lowest BCUT2D eigenvalue weighted by atomic mass is 10.1. The average Bonchev–Trinajstić information content (AvgIpc) is 2.92. The van der Waals surface area contributed by atoms with E-state index in [1.807, 2.05) is 12.1 Å². The molecule has 0 saturated carbocycles. The number of hydrogen-bond acceptors (Lipinski definition) is 4. The number of halogens is 1. The number of nitrogens with two attached hydrogens (primary N) is 1. The van der Waals surface area contributed by atoms with Gasteiger partial charge in [0.1, 0.15) is 18.2 Å². The third-order valence-electron chi connectivity index (χ3n) is 2.77. The molecule has 0 bridgehead atoms. The lowest BCUT2D eigenvalue weighted by Crippen LogP contribution is -2.16. The summed E-state index contributed by atoms with van der Waals surface area (Å²) in [5.74, 6) is -0.636. The first-order valence-electron chi connectivity index (χ1n) is 6.12. The molecule has 1 heterocycles. The van der Waals surface area contributed by atoms with Gasteiger partial charge in [0.15, 0.2) is 5.84 Å². The Hall–Kier alpha value is -2.08. The molecule has 0 fully saturated rings. The number of oxime groups is 1. The molecule has 0 spiro atoms. The Kier molecular flexibility index (Phi) is 4.57. The van der Waals surface area contributed by atoms with Crippen LogP contribution in [0.4, 0.5) is 4.39 Å². The number of aryl methyl sites for hydroxylation is 1. The van der Waals surface area contributed by atoms with E-state index in [4.69, 9.17) is 15.7 Å². The minimum Gasteiger partial charge on any atom is -0.487 e.